The molecule has 0 saturated carbocycles. The topological polar surface area (TPSA) is 117 Å². The number of nitrogens with two attached hydrogens (primary N) is 2. The van der Waals surface area contributed by atoms with E-state index in [-0.39, 0.29) is 11.0 Å². The largest absolute Gasteiger partial charge is 0.369 e. The number of hydrogen-bond acceptors (Lipinski definition) is 5. The Morgan fingerprint density at radius 2 is 2.36 bits per heavy atom. The van der Waals surface area contributed by atoms with Crippen LogP contribution in [0.25, 0.3) is 0 Å². The standard InChI is InChI=1S/C6H10ClN5O2/c1-2-3(7)5(14)12(4(2)13)6(10-8)11-9/h4,13H,8-9H2,1H3,(H,10,11). The second kappa shape index (κ2) is 3.82. The molecule has 0 aromatic rings. The van der Waals surface area contributed by atoms with Crippen LogP contribution in [0.5, 0.6) is 0 Å². The molecule has 1 amide bonds. The summed E-state index contributed by atoms with van der Waals surface area (Å²) in [5.41, 5.74) is 2.41. The molecule has 0 bridgehead atoms. The van der Waals surface area contributed by atoms with Gasteiger partial charge in [0, 0.05) is 5.57 Å². The first-order valence-corrected chi connectivity index (χ1v) is 4.04. The van der Waals surface area contributed by atoms with E-state index in [1.165, 1.54) is 6.92 Å². The molecule has 8 heteroatoms. The van der Waals surface area contributed by atoms with E-state index in [0.717, 1.165) is 4.90 Å². The lowest BCUT2D eigenvalue weighted by molar-refractivity contribution is -0.126. The molecule has 0 fully saturated rings. The second-order valence-electron chi connectivity index (χ2n) is 2.64. The van der Waals surface area contributed by atoms with E-state index >= 15 is 0 Å². The van der Waals surface area contributed by atoms with Gasteiger partial charge in [0.1, 0.15) is 5.03 Å². The highest BCUT2D eigenvalue weighted by Gasteiger charge is 2.38. The predicted octanol–water partition coefficient (Wildman–Crippen LogP) is -1.65. The maximum absolute atomic E-state index is 11.4. The van der Waals surface area contributed by atoms with Crippen molar-refractivity contribution in [3.05, 3.63) is 10.6 Å². The monoisotopic (exact) mass is 219 g/mol. The van der Waals surface area contributed by atoms with Crippen molar-refractivity contribution in [2.45, 2.75) is 13.2 Å². The maximum Gasteiger partial charge on any atom is 0.274 e. The molecule has 7 nitrogen and oxygen atoms in total. The summed E-state index contributed by atoms with van der Waals surface area (Å²) >= 11 is 5.62. The molecule has 1 aliphatic rings. The average Bonchev–Trinajstić information content (AvgIpc) is 2.37. The molecule has 1 rings (SSSR count). The quantitative estimate of drug-likeness (QED) is 0.169. The van der Waals surface area contributed by atoms with E-state index in [0.29, 0.717) is 5.57 Å². The summed E-state index contributed by atoms with van der Waals surface area (Å²) in [6.45, 7) is 1.52. The number of carbonyl (C=O) groups is 1. The summed E-state index contributed by atoms with van der Waals surface area (Å²) in [5, 5.41) is 12.7. The molecular formula is C6H10ClN5O2. The molecule has 78 valence electrons. The summed E-state index contributed by atoms with van der Waals surface area (Å²) in [6, 6.07) is 0. The van der Waals surface area contributed by atoms with Crippen LogP contribution < -0.4 is 17.1 Å². The summed E-state index contributed by atoms with van der Waals surface area (Å²) in [6.07, 6.45) is -1.19. The maximum atomic E-state index is 11.4. The molecule has 0 saturated heterocycles. The fraction of sp³-hybridized carbons (Fsp3) is 0.333. The predicted molar refractivity (Wildman–Crippen MR) is 50.4 cm³/mol. The molecule has 1 aliphatic heterocycles. The van der Waals surface area contributed by atoms with Crippen molar-refractivity contribution in [2.24, 2.45) is 16.8 Å². The Bertz CT molecular complexity index is 326. The van der Waals surface area contributed by atoms with Gasteiger partial charge in [0.25, 0.3) is 5.91 Å². The van der Waals surface area contributed by atoms with Crippen LogP contribution in [0.15, 0.2) is 15.7 Å². The zero-order valence-corrected chi connectivity index (χ0v) is 8.12. The Hall–Kier alpha value is -1.31. The summed E-state index contributed by atoms with van der Waals surface area (Å²) < 4.78 is 0. The summed E-state index contributed by atoms with van der Waals surface area (Å²) in [4.78, 5) is 12.3. The number of carbonyl (C=O) groups excluding carboxylic acids is 1. The van der Waals surface area contributed by atoms with Gasteiger partial charge in [0.2, 0.25) is 5.96 Å². The fourth-order valence-electron chi connectivity index (χ4n) is 1.07. The van der Waals surface area contributed by atoms with E-state index < -0.39 is 12.1 Å². The Morgan fingerprint density at radius 1 is 1.79 bits per heavy atom. The lowest BCUT2D eigenvalue weighted by Crippen LogP contribution is -2.50. The number of amides is 1. The smallest absolute Gasteiger partial charge is 0.274 e. The highest BCUT2D eigenvalue weighted by atomic mass is 35.5. The second-order valence-corrected chi connectivity index (χ2v) is 3.02. The number of hydrazine groups is 1. The minimum absolute atomic E-state index is 0.0612. The van der Waals surface area contributed by atoms with Crippen LogP contribution in [0.2, 0.25) is 0 Å². The number of aliphatic hydroxyl groups is 1. The lowest BCUT2D eigenvalue weighted by Gasteiger charge is -2.21. The third kappa shape index (κ3) is 1.41. The van der Waals surface area contributed by atoms with E-state index in [1.54, 1.807) is 0 Å². The third-order valence-corrected chi connectivity index (χ3v) is 2.32. The molecule has 1 unspecified atom stereocenters. The van der Waals surface area contributed by atoms with E-state index in [2.05, 4.69) is 10.5 Å². The van der Waals surface area contributed by atoms with Crippen molar-refractivity contribution < 1.29 is 9.90 Å². The molecular weight excluding hydrogens is 210 g/mol. The first-order valence-electron chi connectivity index (χ1n) is 3.67. The van der Waals surface area contributed by atoms with Crippen LogP contribution in [0.4, 0.5) is 0 Å². The Labute approximate surface area is 85.0 Å². The molecule has 0 spiro atoms. The molecule has 1 atom stereocenters. The number of nitrogens with one attached hydrogen (secondary N) is 1. The number of hydrazone groups is 1. The molecule has 0 radical (unpaired) electrons. The minimum Gasteiger partial charge on any atom is -0.369 e. The van der Waals surface area contributed by atoms with E-state index in [9.17, 15) is 9.90 Å². The summed E-state index contributed by atoms with van der Waals surface area (Å²) in [5.74, 6) is 9.25. The average molecular weight is 220 g/mol. The van der Waals surface area contributed by atoms with Crippen LogP contribution in [0.3, 0.4) is 0 Å². The van der Waals surface area contributed by atoms with E-state index in [4.69, 9.17) is 23.3 Å². The fourth-order valence-corrected chi connectivity index (χ4v) is 1.26. The van der Waals surface area contributed by atoms with Crippen LogP contribution in [-0.2, 0) is 4.79 Å². The number of aliphatic hydroxyl groups excluding tert-OH is 1. The summed E-state index contributed by atoms with van der Waals surface area (Å²) in [7, 11) is 0. The Morgan fingerprint density at radius 3 is 2.64 bits per heavy atom. The number of hydrogen-bond donors (Lipinski definition) is 4. The molecule has 0 aliphatic carbocycles. The van der Waals surface area contributed by atoms with Crippen molar-refractivity contribution >= 4 is 23.5 Å². The zero-order chi connectivity index (χ0) is 10.9. The van der Waals surface area contributed by atoms with Crippen molar-refractivity contribution in [1.29, 1.82) is 0 Å². The van der Waals surface area contributed by atoms with Crippen molar-refractivity contribution in [3.63, 3.8) is 0 Å². The molecule has 14 heavy (non-hydrogen) atoms. The van der Waals surface area contributed by atoms with Gasteiger partial charge < -0.3 is 10.9 Å². The van der Waals surface area contributed by atoms with Crippen LogP contribution >= 0.6 is 11.6 Å². The van der Waals surface area contributed by atoms with Gasteiger partial charge in [0.05, 0.1) is 0 Å². The van der Waals surface area contributed by atoms with Crippen LogP contribution in [0.1, 0.15) is 6.92 Å². The Balaban J connectivity index is 3.03. The highest BCUT2D eigenvalue weighted by molar-refractivity contribution is 6.44. The minimum atomic E-state index is -1.19. The van der Waals surface area contributed by atoms with Crippen molar-refractivity contribution in [3.8, 4) is 0 Å². The zero-order valence-electron chi connectivity index (χ0n) is 7.36. The van der Waals surface area contributed by atoms with Gasteiger partial charge in [-0.15, -0.1) is 5.10 Å². The number of guanidine groups is 1. The lowest BCUT2D eigenvalue weighted by atomic mass is 10.3. The van der Waals surface area contributed by atoms with Gasteiger partial charge >= 0.3 is 0 Å². The van der Waals surface area contributed by atoms with Gasteiger partial charge in [-0.1, -0.05) is 11.6 Å². The molecule has 1 heterocycles. The first kappa shape index (κ1) is 10.8. The van der Waals surface area contributed by atoms with Crippen LogP contribution in [-0.4, -0.2) is 28.1 Å². The molecule has 0 aromatic heterocycles. The normalized spacial score (nSPS) is 23.4. The van der Waals surface area contributed by atoms with Gasteiger partial charge in [-0.05, 0) is 6.92 Å². The van der Waals surface area contributed by atoms with Gasteiger partial charge in [-0.2, -0.15) is 0 Å². The third-order valence-electron chi connectivity index (χ3n) is 1.86. The van der Waals surface area contributed by atoms with Gasteiger partial charge in [-0.25, -0.2) is 10.7 Å². The van der Waals surface area contributed by atoms with Crippen molar-refractivity contribution in [1.82, 2.24) is 10.3 Å². The molecule has 0 aromatic carbocycles. The number of halogens is 1. The SMILES string of the molecule is CC1=C(Cl)C(=O)N(/C(=N/N)NN)C1O. The van der Waals surface area contributed by atoms with Gasteiger partial charge in [-0.3, -0.25) is 10.2 Å². The van der Waals surface area contributed by atoms with Crippen LogP contribution in [0, 0.1) is 0 Å². The highest BCUT2D eigenvalue weighted by Crippen LogP contribution is 2.26. The number of nitrogens with zero attached hydrogens (tertiary/aromatic N) is 2. The number of rotatable bonds is 0. The Kier molecular flexibility index (Phi) is 2.94. The molecule has 6 N–H and O–H groups in total. The van der Waals surface area contributed by atoms with Crippen molar-refractivity contribution in [2.75, 3.05) is 0 Å². The van der Waals surface area contributed by atoms with E-state index in [1.807, 2.05) is 0 Å². The van der Waals surface area contributed by atoms with Gasteiger partial charge in [0.15, 0.2) is 6.23 Å². The first-order chi connectivity index (χ1) is 6.54.